The topological polar surface area (TPSA) is 55.6 Å². The number of anilines is 1. The number of hydrogen-bond donors (Lipinski definition) is 1. The number of ether oxygens (including phenoxy) is 1. The molecule has 2 N–H and O–H groups in total. The van der Waals surface area contributed by atoms with Crippen molar-refractivity contribution in [2.24, 2.45) is 5.73 Å². The number of nitrogens with two attached hydrogens (primary N) is 1. The largest absolute Gasteiger partial charge is 0.444 e. The fraction of sp³-hybridized carbons (Fsp3) is 0.350. The van der Waals surface area contributed by atoms with Crippen LogP contribution in [0.25, 0.3) is 0 Å². The van der Waals surface area contributed by atoms with Crippen LogP contribution in [0.4, 0.5) is 10.5 Å². The number of carbonyl (C=O) groups is 1. The fourth-order valence-electron chi connectivity index (χ4n) is 2.50. The minimum atomic E-state index is -0.302. The highest BCUT2D eigenvalue weighted by atomic mass is 16.6. The van der Waals surface area contributed by atoms with E-state index in [4.69, 9.17) is 10.5 Å². The first-order chi connectivity index (χ1) is 11.8. The van der Waals surface area contributed by atoms with Crippen molar-refractivity contribution in [3.63, 3.8) is 0 Å². The van der Waals surface area contributed by atoms with Crippen LogP contribution in [0.5, 0.6) is 0 Å². The van der Waals surface area contributed by atoms with Crippen molar-refractivity contribution < 1.29 is 9.53 Å². The lowest BCUT2D eigenvalue weighted by atomic mass is 10.2. The van der Waals surface area contributed by atoms with E-state index in [-0.39, 0.29) is 12.7 Å². The Morgan fingerprint density at radius 2 is 1.50 bits per heavy atom. The van der Waals surface area contributed by atoms with E-state index in [1.165, 1.54) is 0 Å². The molecule has 0 saturated heterocycles. The summed E-state index contributed by atoms with van der Waals surface area (Å²) in [7, 11) is 0. The second-order valence-electron chi connectivity index (χ2n) is 5.73. The fourth-order valence-corrected chi connectivity index (χ4v) is 2.50. The standard InChI is InChI=1S/C20H26N2O2/c21-15-9-1-2-10-16-22(19-13-7-4-8-14-19)20(23)24-17-18-11-5-3-6-12-18/h3-8,11-14H,1-2,9-10,15-17,21H2. The van der Waals surface area contributed by atoms with Gasteiger partial charge in [-0.25, -0.2) is 4.79 Å². The van der Waals surface area contributed by atoms with Crippen LogP contribution >= 0.6 is 0 Å². The van der Waals surface area contributed by atoms with Gasteiger partial charge in [-0.15, -0.1) is 0 Å². The Bertz CT molecular complexity index is 587. The van der Waals surface area contributed by atoms with E-state index in [1.54, 1.807) is 4.90 Å². The maximum Gasteiger partial charge on any atom is 0.414 e. The molecule has 0 aliphatic heterocycles. The van der Waals surface area contributed by atoms with Gasteiger partial charge in [0, 0.05) is 12.2 Å². The summed E-state index contributed by atoms with van der Waals surface area (Å²) in [5.74, 6) is 0. The van der Waals surface area contributed by atoms with Crippen LogP contribution in [-0.2, 0) is 11.3 Å². The normalized spacial score (nSPS) is 10.4. The first-order valence-electron chi connectivity index (χ1n) is 8.54. The number of benzene rings is 2. The van der Waals surface area contributed by atoms with E-state index in [9.17, 15) is 4.79 Å². The van der Waals surface area contributed by atoms with E-state index in [2.05, 4.69) is 0 Å². The van der Waals surface area contributed by atoms with E-state index in [0.29, 0.717) is 6.54 Å². The van der Waals surface area contributed by atoms with E-state index in [0.717, 1.165) is 43.5 Å². The molecule has 2 rings (SSSR count). The molecule has 0 unspecified atom stereocenters. The van der Waals surface area contributed by atoms with Crippen LogP contribution in [0.3, 0.4) is 0 Å². The average Bonchev–Trinajstić information content (AvgIpc) is 2.64. The summed E-state index contributed by atoms with van der Waals surface area (Å²) < 4.78 is 5.49. The van der Waals surface area contributed by atoms with Crippen LogP contribution in [0.1, 0.15) is 31.2 Å². The highest BCUT2D eigenvalue weighted by molar-refractivity contribution is 5.87. The third-order valence-electron chi connectivity index (χ3n) is 3.83. The number of nitrogens with zero attached hydrogens (tertiary/aromatic N) is 1. The second kappa shape index (κ2) is 10.4. The molecule has 128 valence electrons. The molecule has 0 aromatic heterocycles. The van der Waals surface area contributed by atoms with Crippen molar-refractivity contribution in [1.29, 1.82) is 0 Å². The molecule has 0 radical (unpaired) electrons. The molecule has 2 aromatic carbocycles. The van der Waals surface area contributed by atoms with Gasteiger partial charge in [0.1, 0.15) is 6.61 Å². The SMILES string of the molecule is NCCCCCCN(C(=O)OCc1ccccc1)c1ccccc1. The van der Waals surface area contributed by atoms with Gasteiger partial charge in [0.15, 0.2) is 0 Å². The van der Waals surface area contributed by atoms with Crippen LogP contribution in [0.15, 0.2) is 60.7 Å². The van der Waals surface area contributed by atoms with Gasteiger partial charge in [-0.3, -0.25) is 4.90 Å². The number of hydrogen-bond acceptors (Lipinski definition) is 3. The first kappa shape index (κ1) is 18.0. The maximum absolute atomic E-state index is 12.5. The minimum absolute atomic E-state index is 0.288. The molecule has 0 saturated carbocycles. The minimum Gasteiger partial charge on any atom is -0.444 e. The Labute approximate surface area is 144 Å². The number of rotatable bonds is 9. The van der Waals surface area contributed by atoms with Crippen LogP contribution in [-0.4, -0.2) is 19.2 Å². The summed E-state index contributed by atoms with van der Waals surface area (Å²) in [4.78, 5) is 14.2. The predicted molar refractivity (Wildman–Crippen MR) is 97.9 cm³/mol. The first-order valence-corrected chi connectivity index (χ1v) is 8.54. The third kappa shape index (κ3) is 6.05. The zero-order chi connectivity index (χ0) is 17.0. The van der Waals surface area contributed by atoms with Gasteiger partial charge in [0.05, 0.1) is 0 Å². The summed E-state index contributed by atoms with van der Waals surface area (Å²) in [6.07, 6.45) is 3.83. The zero-order valence-corrected chi connectivity index (χ0v) is 14.1. The monoisotopic (exact) mass is 326 g/mol. The molecule has 0 heterocycles. The molecule has 0 aliphatic rings. The molecule has 0 spiro atoms. The van der Waals surface area contributed by atoms with Crippen LogP contribution < -0.4 is 10.6 Å². The molecule has 0 atom stereocenters. The molecule has 24 heavy (non-hydrogen) atoms. The summed E-state index contributed by atoms with van der Waals surface area (Å²) in [5.41, 5.74) is 7.38. The number of carbonyl (C=O) groups excluding carboxylic acids is 1. The van der Waals surface area contributed by atoms with E-state index >= 15 is 0 Å². The summed E-state index contributed by atoms with van der Waals surface area (Å²) >= 11 is 0. The van der Waals surface area contributed by atoms with Gasteiger partial charge in [-0.1, -0.05) is 61.4 Å². The molecule has 2 aromatic rings. The Morgan fingerprint density at radius 1 is 0.875 bits per heavy atom. The quantitative estimate of drug-likeness (QED) is 0.697. The van der Waals surface area contributed by atoms with Crippen molar-refractivity contribution in [1.82, 2.24) is 0 Å². The Morgan fingerprint density at radius 3 is 2.17 bits per heavy atom. The zero-order valence-electron chi connectivity index (χ0n) is 14.1. The number of para-hydroxylation sites is 1. The number of amides is 1. The lowest BCUT2D eigenvalue weighted by molar-refractivity contribution is 0.147. The Kier molecular flexibility index (Phi) is 7.84. The molecule has 0 fully saturated rings. The van der Waals surface area contributed by atoms with Crippen LogP contribution in [0, 0.1) is 0 Å². The molecule has 4 heteroatoms. The summed E-state index contributed by atoms with van der Waals surface area (Å²) in [6.45, 7) is 1.67. The molecule has 4 nitrogen and oxygen atoms in total. The second-order valence-corrected chi connectivity index (χ2v) is 5.73. The Balaban J connectivity index is 1.92. The van der Waals surface area contributed by atoms with Gasteiger partial charge in [0.25, 0.3) is 0 Å². The number of unbranched alkanes of at least 4 members (excludes halogenated alkanes) is 3. The average molecular weight is 326 g/mol. The lowest BCUT2D eigenvalue weighted by Gasteiger charge is -2.22. The molecular weight excluding hydrogens is 300 g/mol. The van der Waals surface area contributed by atoms with Gasteiger partial charge in [-0.2, -0.15) is 0 Å². The van der Waals surface area contributed by atoms with E-state index in [1.807, 2.05) is 60.7 Å². The third-order valence-corrected chi connectivity index (χ3v) is 3.83. The van der Waals surface area contributed by atoms with Gasteiger partial charge < -0.3 is 10.5 Å². The van der Waals surface area contributed by atoms with Crippen LogP contribution in [0.2, 0.25) is 0 Å². The summed E-state index contributed by atoms with van der Waals surface area (Å²) in [5, 5.41) is 0. The van der Waals surface area contributed by atoms with Crippen molar-refractivity contribution in [3.05, 3.63) is 66.2 Å². The molecule has 0 bridgehead atoms. The van der Waals surface area contributed by atoms with Crippen molar-refractivity contribution in [2.45, 2.75) is 32.3 Å². The van der Waals surface area contributed by atoms with Gasteiger partial charge >= 0.3 is 6.09 Å². The van der Waals surface area contributed by atoms with Crippen molar-refractivity contribution >= 4 is 11.8 Å². The smallest absolute Gasteiger partial charge is 0.414 e. The van der Waals surface area contributed by atoms with Crippen molar-refractivity contribution in [3.8, 4) is 0 Å². The highest BCUT2D eigenvalue weighted by Gasteiger charge is 2.16. The summed E-state index contributed by atoms with van der Waals surface area (Å²) in [6, 6.07) is 19.4. The molecule has 0 aliphatic carbocycles. The predicted octanol–water partition coefficient (Wildman–Crippen LogP) is 4.35. The maximum atomic E-state index is 12.5. The van der Waals surface area contributed by atoms with E-state index < -0.39 is 0 Å². The van der Waals surface area contributed by atoms with Gasteiger partial charge in [-0.05, 0) is 37.1 Å². The molecule has 1 amide bonds. The highest BCUT2D eigenvalue weighted by Crippen LogP contribution is 2.17. The van der Waals surface area contributed by atoms with Crippen molar-refractivity contribution in [2.75, 3.05) is 18.0 Å². The molecular formula is C20H26N2O2. The Hall–Kier alpha value is -2.33. The van der Waals surface area contributed by atoms with Gasteiger partial charge in [0.2, 0.25) is 0 Å². The lowest BCUT2D eigenvalue weighted by Crippen LogP contribution is -2.32.